The third-order valence-corrected chi connectivity index (χ3v) is 6.26. The van der Waals surface area contributed by atoms with E-state index < -0.39 is 26.8 Å². The van der Waals surface area contributed by atoms with Crippen LogP contribution in [0.4, 0.5) is 4.39 Å². The average Bonchev–Trinajstić information content (AvgIpc) is 2.63. The molecule has 1 aliphatic heterocycles. The second kappa shape index (κ2) is 7.85. The molecular formula is C18H18BrFN2O3S. The standard InChI is InChI=1S/C18H18BrFN2O3S/c19-14-8-9-16(20)17(11-14)26(24,25)21-15-7-4-10-22(12-15)18(23)13-5-2-1-3-6-13/h1-3,5-6,8-9,11,15,21H,4,7,10,12H2. The van der Waals surface area contributed by atoms with Gasteiger partial charge in [0.2, 0.25) is 10.0 Å². The normalized spacial score (nSPS) is 17.9. The summed E-state index contributed by atoms with van der Waals surface area (Å²) >= 11 is 3.16. The monoisotopic (exact) mass is 440 g/mol. The third kappa shape index (κ3) is 4.31. The van der Waals surface area contributed by atoms with Crippen LogP contribution in [0.25, 0.3) is 0 Å². The van der Waals surface area contributed by atoms with Gasteiger partial charge in [0.1, 0.15) is 10.7 Å². The lowest BCUT2D eigenvalue weighted by atomic mass is 10.1. The maximum absolute atomic E-state index is 13.9. The lowest BCUT2D eigenvalue weighted by Gasteiger charge is -2.33. The highest BCUT2D eigenvalue weighted by Gasteiger charge is 2.29. The van der Waals surface area contributed by atoms with E-state index in [1.54, 1.807) is 29.2 Å². The number of benzene rings is 2. The summed E-state index contributed by atoms with van der Waals surface area (Å²) in [4.78, 5) is 13.8. The lowest BCUT2D eigenvalue weighted by Crippen LogP contribution is -2.49. The largest absolute Gasteiger partial charge is 0.337 e. The highest BCUT2D eigenvalue weighted by molar-refractivity contribution is 9.10. The van der Waals surface area contributed by atoms with Gasteiger partial charge in [0.05, 0.1) is 0 Å². The molecule has 1 unspecified atom stereocenters. The molecule has 3 rings (SSSR count). The van der Waals surface area contributed by atoms with Gasteiger partial charge in [-0.25, -0.2) is 17.5 Å². The molecule has 5 nitrogen and oxygen atoms in total. The van der Waals surface area contributed by atoms with E-state index in [0.717, 1.165) is 6.07 Å². The zero-order chi connectivity index (χ0) is 18.7. The van der Waals surface area contributed by atoms with Crippen LogP contribution in [0.2, 0.25) is 0 Å². The van der Waals surface area contributed by atoms with Gasteiger partial charge < -0.3 is 4.90 Å². The Hall–Kier alpha value is -1.77. The van der Waals surface area contributed by atoms with Crippen molar-refractivity contribution in [3.63, 3.8) is 0 Å². The molecule has 1 atom stereocenters. The number of carbonyl (C=O) groups excluding carboxylic acids is 1. The number of halogens is 2. The van der Waals surface area contributed by atoms with Crippen LogP contribution in [0, 0.1) is 5.82 Å². The van der Waals surface area contributed by atoms with Gasteiger partial charge in [-0.3, -0.25) is 4.79 Å². The summed E-state index contributed by atoms with van der Waals surface area (Å²) in [6, 6.07) is 12.2. The van der Waals surface area contributed by atoms with Gasteiger partial charge in [0.15, 0.2) is 0 Å². The van der Waals surface area contributed by atoms with Crippen LogP contribution >= 0.6 is 15.9 Å². The first-order valence-corrected chi connectivity index (χ1v) is 10.5. The molecule has 1 fully saturated rings. The minimum atomic E-state index is -4.02. The van der Waals surface area contributed by atoms with Crippen molar-refractivity contribution in [2.24, 2.45) is 0 Å². The molecule has 8 heteroatoms. The highest BCUT2D eigenvalue weighted by atomic mass is 79.9. The van der Waals surface area contributed by atoms with Gasteiger partial charge in [-0.2, -0.15) is 0 Å². The number of nitrogens with one attached hydrogen (secondary N) is 1. The van der Waals surface area contributed by atoms with Crippen molar-refractivity contribution in [1.82, 2.24) is 9.62 Å². The molecule has 1 aliphatic rings. The van der Waals surface area contributed by atoms with Crippen molar-refractivity contribution in [2.75, 3.05) is 13.1 Å². The fraction of sp³-hybridized carbons (Fsp3) is 0.278. The van der Waals surface area contributed by atoms with Gasteiger partial charge in [-0.15, -0.1) is 0 Å². The van der Waals surface area contributed by atoms with Crippen LogP contribution in [-0.2, 0) is 10.0 Å². The molecule has 2 aromatic rings. The van der Waals surface area contributed by atoms with Crippen molar-refractivity contribution in [3.8, 4) is 0 Å². The van der Waals surface area contributed by atoms with E-state index in [4.69, 9.17) is 0 Å². The Morgan fingerprint density at radius 2 is 1.92 bits per heavy atom. The first-order chi connectivity index (χ1) is 12.4. The smallest absolute Gasteiger partial charge is 0.253 e. The van der Waals surface area contributed by atoms with Gasteiger partial charge >= 0.3 is 0 Å². The topological polar surface area (TPSA) is 66.5 Å². The zero-order valence-corrected chi connectivity index (χ0v) is 16.3. The first-order valence-electron chi connectivity index (χ1n) is 8.18. The maximum Gasteiger partial charge on any atom is 0.253 e. The number of piperidine rings is 1. The summed E-state index contributed by atoms with van der Waals surface area (Å²) in [6.45, 7) is 0.819. The summed E-state index contributed by atoms with van der Waals surface area (Å²) < 4.78 is 42.0. The number of hydrogen-bond donors (Lipinski definition) is 1. The van der Waals surface area contributed by atoms with Crippen LogP contribution in [0.1, 0.15) is 23.2 Å². The summed E-state index contributed by atoms with van der Waals surface area (Å²) in [5.74, 6) is -0.947. The molecule has 1 N–H and O–H groups in total. The second-order valence-electron chi connectivity index (χ2n) is 6.15. The molecule has 1 amide bonds. The quantitative estimate of drug-likeness (QED) is 0.793. The molecule has 2 aromatic carbocycles. The SMILES string of the molecule is O=C(c1ccccc1)N1CCCC(NS(=O)(=O)c2cc(Br)ccc2F)C1. The van der Waals surface area contributed by atoms with Crippen molar-refractivity contribution in [2.45, 2.75) is 23.8 Å². The van der Waals surface area contributed by atoms with E-state index in [0.29, 0.717) is 29.4 Å². The van der Waals surface area contributed by atoms with Crippen molar-refractivity contribution < 1.29 is 17.6 Å². The van der Waals surface area contributed by atoms with Crippen LogP contribution in [0.3, 0.4) is 0 Å². The van der Waals surface area contributed by atoms with E-state index in [1.807, 2.05) is 6.07 Å². The second-order valence-corrected chi connectivity index (χ2v) is 8.75. The fourth-order valence-electron chi connectivity index (χ4n) is 2.99. The summed E-state index contributed by atoms with van der Waals surface area (Å²) in [6.07, 6.45) is 1.26. The Kier molecular flexibility index (Phi) is 5.74. The Labute approximate surface area is 160 Å². The van der Waals surface area contributed by atoms with Crippen LogP contribution in [0.5, 0.6) is 0 Å². The molecular weight excluding hydrogens is 423 g/mol. The Bertz CT molecular complexity index is 906. The molecule has 0 aliphatic carbocycles. The lowest BCUT2D eigenvalue weighted by molar-refractivity contribution is 0.0703. The average molecular weight is 441 g/mol. The predicted octanol–water partition coefficient (Wildman–Crippen LogP) is 3.17. The van der Waals surface area contributed by atoms with Crippen molar-refractivity contribution >= 4 is 31.9 Å². The van der Waals surface area contributed by atoms with Crippen molar-refractivity contribution in [1.29, 1.82) is 0 Å². The van der Waals surface area contributed by atoms with E-state index in [9.17, 15) is 17.6 Å². The van der Waals surface area contributed by atoms with E-state index in [-0.39, 0.29) is 12.5 Å². The number of nitrogens with zero attached hydrogens (tertiary/aromatic N) is 1. The number of rotatable bonds is 4. The van der Waals surface area contributed by atoms with Crippen LogP contribution in [-0.4, -0.2) is 38.4 Å². The number of sulfonamides is 1. The molecule has 0 aromatic heterocycles. The minimum absolute atomic E-state index is 0.136. The molecule has 0 radical (unpaired) electrons. The molecule has 0 saturated carbocycles. The van der Waals surface area contributed by atoms with Gasteiger partial charge in [-0.05, 0) is 43.2 Å². The van der Waals surface area contributed by atoms with Gasteiger partial charge in [0, 0.05) is 29.2 Å². The van der Waals surface area contributed by atoms with E-state index >= 15 is 0 Å². The number of carbonyl (C=O) groups is 1. The molecule has 1 saturated heterocycles. The van der Waals surface area contributed by atoms with Crippen LogP contribution < -0.4 is 4.72 Å². The molecule has 26 heavy (non-hydrogen) atoms. The van der Waals surface area contributed by atoms with Crippen LogP contribution in [0.15, 0.2) is 57.9 Å². The molecule has 138 valence electrons. The predicted molar refractivity (Wildman–Crippen MR) is 99.8 cm³/mol. The highest BCUT2D eigenvalue weighted by Crippen LogP contribution is 2.22. The molecule has 0 bridgehead atoms. The summed E-state index contributed by atoms with van der Waals surface area (Å²) in [5, 5.41) is 0. The van der Waals surface area contributed by atoms with E-state index in [1.165, 1.54) is 12.1 Å². The number of likely N-dealkylation sites (tertiary alicyclic amines) is 1. The zero-order valence-electron chi connectivity index (χ0n) is 13.9. The Balaban J connectivity index is 1.74. The van der Waals surface area contributed by atoms with Gasteiger partial charge in [0.25, 0.3) is 5.91 Å². The Morgan fingerprint density at radius 3 is 2.65 bits per heavy atom. The summed E-state index contributed by atoms with van der Waals surface area (Å²) in [5.41, 5.74) is 0.564. The minimum Gasteiger partial charge on any atom is -0.337 e. The van der Waals surface area contributed by atoms with Gasteiger partial charge in [-0.1, -0.05) is 34.1 Å². The van der Waals surface area contributed by atoms with E-state index in [2.05, 4.69) is 20.7 Å². The summed E-state index contributed by atoms with van der Waals surface area (Å²) in [7, 11) is -4.02. The fourth-order valence-corrected chi connectivity index (χ4v) is 4.86. The maximum atomic E-state index is 13.9. The molecule has 1 heterocycles. The molecule has 0 spiro atoms. The number of amides is 1. The van der Waals surface area contributed by atoms with Crippen molar-refractivity contribution in [3.05, 3.63) is 64.4 Å². The number of hydrogen-bond acceptors (Lipinski definition) is 3. The first kappa shape index (κ1) is 19.0. The Morgan fingerprint density at radius 1 is 1.19 bits per heavy atom. The third-order valence-electron chi connectivity index (χ3n) is 4.23.